The fraction of sp³-hybridized carbons (Fsp3) is 0.950. The molecule has 828 valence electrons. The Morgan fingerprint density at radius 1 is 0.196 bits per heavy atom. The molecule has 12 aliphatic rings. The maximum absolute atomic E-state index is 13.9. The molecule has 0 saturated carbocycles. The molecule has 0 spiro atoms. The Balaban J connectivity index is 0.953. The minimum absolute atomic E-state index is 0.851. The summed E-state index contributed by atoms with van der Waals surface area (Å²) in [4.78, 5) is 53.0. The second-order valence-corrected chi connectivity index (χ2v) is 36.6. The van der Waals surface area contributed by atoms with E-state index in [1.807, 2.05) is 0 Å². The molecule has 12 heterocycles. The van der Waals surface area contributed by atoms with Gasteiger partial charge in [0.2, 0.25) is 23.6 Å². The zero-order valence-corrected chi connectivity index (χ0v) is 77.0. The number of hydrogen-bond acceptors (Lipinski definition) is 59. The third-order valence-electron chi connectivity index (χ3n) is 26.6. The largest absolute Gasteiger partial charge is 0.394 e. The van der Waals surface area contributed by atoms with Crippen molar-refractivity contribution in [3.8, 4) is 0 Å². The number of hydrogen-bond donors (Lipinski definition) is 36. The summed E-state index contributed by atoms with van der Waals surface area (Å²) in [5.41, 5.74) is 0. The summed E-state index contributed by atoms with van der Waals surface area (Å²) in [6, 6.07) is -8.11. The summed E-state index contributed by atoms with van der Waals surface area (Å²) in [5, 5.41) is 372. The molecule has 0 aromatic carbocycles. The quantitative estimate of drug-likeness (QED) is 0.0277. The first kappa shape index (κ1) is 117. The van der Waals surface area contributed by atoms with Gasteiger partial charge in [0.1, 0.15) is 281 Å². The molecule has 12 aliphatic heterocycles. The number of carbonyl (C=O) groups excluding carboxylic acids is 4. The molecule has 0 aromatic rings. The molecule has 63 heteroatoms. The Labute approximate surface area is 809 Å². The van der Waals surface area contributed by atoms with Crippen LogP contribution in [0.25, 0.3) is 0 Å². The van der Waals surface area contributed by atoms with Crippen LogP contribution >= 0.6 is 0 Å². The van der Waals surface area contributed by atoms with Gasteiger partial charge in [0, 0.05) is 27.7 Å². The number of ether oxygens (including phenoxy) is 23. The summed E-state index contributed by atoms with van der Waals surface area (Å²) in [6.45, 7) is -5.70. The Hall–Kier alpha value is -4.32. The summed E-state index contributed by atoms with van der Waals surface area (Å²) in [7, 11) is 0. The van der Waals surface area contributed by atoms with Gasteiger partial charge < -0.3 is 294 Å². The van der Waals surface area contributed by atoms with Gasteiger partial charge in [-0.25, -0.2) is 0 Å². The molecule has 12 fully saturated rings. The van der Waals surface area contributed by atoms with Gasteiger partial charge in [-0.2, -0.15) is 0 Å². The minimum atomic E-state index is -2.81. The van der Waals surface area contributed by atoms with Crippen LogP contribution in [0.2, 0.25) is 0 Å². The van der Waals surface area contributed by atoms with Gasteiger partial charge in [0.25, 0.3) is 0 Å². The van der Waals surface area contributed by atoms with Crippen LogP contribution in [0.5, 0.6) is 0 Å². The smallest absolute Gasteiger partial charge is 0.217 e. The van der Waals surface area contributed by atoms with Crippen molar-refractivity contribution in [1.29, 1.82) is 0 Å². The number of nitrogens with one attached hydrogen (secondary N) is 4. The van der Waals surface area contributed by atoms with Crippen LogP contribution in [0.1, 0.15) is 41.5 Å². The number of amides is 4. The van der Waals surface area contributed by atoms with Gasteiger partial charge in [0.05, 0.1) is 78.3 Å². The number of rotatable bonds is 36. The zero-order valence-electron chi connectivity index (χ0n) is 77.0. The maximum Gasteiger partial charge on any atom is 0.217 e. The van der Waals surface area contributed by atoms with Gasteiger partial charge in [-0.05, 0) is 13.8 Å². The van der Waals surface area contributed by atoms with E-state index in [0.29, 0.717) is 0 Å². The molecule has 0 bridgehead atoms. The highest BCUT2D eigenvalue weighted by Crippen LogP contribution is 2.43. The summed E-state index contributed by atoms with van der Waals surface area (Å²) in [5.74, 6) is -4.02. The van der Waals surface area contributed by atoms with E-state index >= 15 is 0 Å². The van der Waals surface area contributed by atoms with E-state index in [4.69, 9.17) is 109 Å². The molecule has 12 saturated heterocycles. The lowest BCUT2D eigenvalue weighted by atomic mass is 9.93. The molecule has 63 nitrogen and oxygen atoms in total. The van der Waals surface area contributed by atoms with Crippen LogP contribution in [-0.2, 0) is 128 Å². The van der Waals surface area contributed by atoms with Crippen LogP contribution in [-0.4, -0.2) is 621 Å². The molecule has 12 rings (SSSR count). The number of carbonyl (C=O) groups is 4. The van der Waals surface area contributed by atoms with E-state index in [1.165, 1.54) is 13.8 Å². The number of aliphatic hydroxyl groups excluding tert-OH is 32. The van der Waals surface area contributed by atoms with E-state index in [0.717, 1.165) is 27.7 Å². The topological polar surface area (TPSA) is 976 Å². The summed E-state index contributed by atoms with van der Waals surface area (Å²) in [6.07, 6.45) is -122. The molecule has 1 unspecified atom stereocenters. The van der Waals surface area contributed by atoms with E-state index in [9.17, 15) is 183 Å². The van der Waals surface area contributed by atoms with E-state index in [1.54, 1.807) is 0 Å². The van der Waals surface area contributed by atoms with Gasteiger partial charge in [-0.15, -0.1) is 0 Å². The molecule has 4 amide bonds. The van der Waals surface area contributed by atoms with E-state index in [-0.39, 0.29) is 0 Å². The predicted molar refractivity (Wildman–Crippen MR) is 439 cm³/mol. The van der Waals surface area contributed by atoms with Crippen LogP contribution in [0.3, 0.4) is 0 Å². The lowest BCUT2D eigenvalue weighted by Gasteiger charge is -2.53. The van der Waals surface area contributed by atoms with Crippen molar-refractivity contribution >= 4 is 23.6 Å². The van der Waals surface area contributed by atoms with Crippen molar-refractivity contribution in [2.45, 2.75) is 410 Å². The molecule has 0 aromatic heterocycles. The highest BCUT2D eigenvalue weighted by molar-refractivity contribution is 5.74. The third kappa shape index (κ3) is 25.9. The molecular weight excluding hydrogens is 1960 g/mol. The third-order valence-corrected chi connectivity index (χ3v) is 26.6. The molecule has 0 aliphatic carbocycles. The molecule has 0 radical (unpaired) electrons. The minimum Gasteiger partial charge on any atom is -0.394 e. The van der Waals surface area contributed by atoms with Crippen LogP contribution < -0.4 is 21.3 Å². The van der Waals surface area contributed by atoms with Gasteiger partial charge in [-0.3, -0.25) is 19.2 Å². The average molecular weight is 2100 g/mol. The van der Waals surface area contributed by atoms with Crippen molar-refractivity contribution < 1.29 is 292 Å². The predicted octanol–water partition coefficient (Wildman–Crippen LogP) is -24.5. The standard InChI is InChI=1S/C80H134N4O59/c1-17-37(96)48(107)53(112)73(124-17)123-16-32-63(46(105)33(69(120)126-32)81-19(3)92)137-71-35(83-21(5)94)47(106)61(27(11-89)131-71)138-79-60(119)67(44(103)31(135-79)15-122-75-59(118)66(141-78-57(116)52(111)42(101)26(10-88)130-78)43(102)30(134-75)14-121-74-54(113)50(109)40(99)24(8-86)128-74)142-80-68(58(117)62(28(12-90)133-80)136-70-34(82-20(4)93)45(104)39(98)23(7-85)127-70)143-72-36(84-22(6)95)65(140-76-55(114)49(108)38(97)18(2)125-76)64(29(13-91)132-72)139-77-56(115)51(110)41(100)25(9-87)129-77/h17-18,23-80,85-91,96-120H,7-16H2,1-6H3,(H,81,92)(H,82,93)(H,83,94)(H,84,95)/t17-,18-,23+,24+,25+,26+,27+,28+,29+,30+,31+,32+,33+,34+,35+,36+,37+,38+,39+,40+,41-,42+,43+,44+,45-,46+,47+,48+,49+,50-,51-,52-,53-,54-,55-,56+,57-,58-,59-,60-,61+,62+,63+,64+,65+,66-,67-,68-,69?,70-,71-,72-,73+,74-,75-,76-,77-,78+,79-,80+/m0/s1. The van der Waals surface area contributed by atoms with Crippen molar-refractivity contribution in [1.82, 2.24) is 21.3 Å². The Bertz CT molecular complexity index is 3960. The molecule has 143 heavy (non-hydrogen) atoms. The lowest BCUT2D eigenvalue weighted by Crippen LogP contribution is -2.72. The van der Waals surface area contributed by atoms with E-state index in [2.05, 4.69) is 21.3 Å². The Morgan fingerprint density at radius 3 is 0.895 bits per heavy atom. The fourth-order valence-corrected chi connectivity index (χ4v) is 18.6. The van der Waals surface area contributed by atoms with Crippen molar-refractivity contribution in [2.24, 2.45) is 0 Å². The average Bonchev–Trinajstić information content (AvgIpc) is 0.735. The Morgan fingerprint density at radius 2 is 0.448 bits per heavy atom. The first-order valence-corrected chi connectivity index (χ1v) is 45.9. The van der Waals surface area contributed by atoms with Gasteiger partial charge in [-0.1, -0.05) is 0 Å². The van der Waals surface area contributed by atoms with Gasteiger partial charge in [0.15, 0.2) is 75.5 Å². The first-order valence-electron chi connectivity index (χ1n) is 45.9. The fourth-order valence-electron chi connectivity index (χ4n) is 18.6. The second kappa shape index (κ2) is 51.0. The van der Waals surface area contributed by atoms with Crippen molar-refractivity contribution in [3.05, 3.63) is 0 Å². The first-order chi connectivity index (χ1) is 67.6. The van der Waals surface area contributed by atoms with Crippen LogP contribution in [0.4, 0.5) is 0 Å². The zero-order chi connectivity index (χ0) is 105. The summed E-state index contributed by atoms with van der Waals surface area (Å²) < 4.78 is 139. The highest BCUT2D eigenvalue weighted by Gasteiger charge is 2.64. The normalized spacial score (nSPS) is 50.7. The molecule has 36 N–H and O–H groups in total. The molecule has 60 atom stereocenters. The van der Waals surface area contributed by atoms with Crippen LogP contribution in [0.15, 0.2) is 0 Å². The van der Waals surface area contributed by atoms with Crippen molar-refractivity contribution in [2.75, 3.05) is 66.1 Å². The second-order valence-electron chi connectivity index (χ2n) is 36.6. The number of aliphatic hydroxyl groups is 32. The van der Waals surface area contributed by atoms with Crippen molar-refractivity contribution in [3.63, 3.8) is 0 Å². The Kier molecular flexibility index (Phi) is 41.8. The monoisotopic (exact) mass is 2090 g/mol. The lowest BCUT2D eigenvalue weighted by molar-refractivity contribution is -0.409. The summed E-state index contributed by atoms with van der Waals surface area (Å²) >= 11 is 0. The van der Waals surface area contributed by atoms with Crippen LogP contribution in [0, 0.1) is 0 Å². The SMILES string of the molecule is CC(=O)N[C@H]1[C@H](O[C@H]2[C@H](O)[C@H](O[C@@H]3O[C@H](CO)[C@@H](O[C@@H]4O[C@H](CO)[C@H](O)[C@H](O)[C@H]4O)[C@H](O[C@@H]4O[C@@H](C)[C@@H](O)[C@@H](O)[C@@H]4O)[C@H]3NC(C)=O)[C@@H](O[C@@H]3[C@H](O)[C@H](O[C@H]4[C@H](O)[C@@H](NC(C)=O)[C@H](O[C@H]5[C@H](O)[C@@H](NC(C)=O)C(O)O[C@@H]5CO[C@@H]5O[C@@H](C)[C@@H](O)[C@@H](O)[C@@H]5O)O[C@@H]4CO)O[C@H](CO[C@H]4O[C@H](CO[C@H]5O[C@H](CO)[C@@H](O)[C@H](O)[C@@H]5O)[C@@H](O)[C@H](O[C@H]5O[C@H](CO)[C@@H](O)[C@H](O)[C@@H]5O)[C@@H]4O)[C@H]3O)O[C@@H]2CO)O[C@H](CO)[C@@H](O)[C@H]1O. The van der Waals surface area contributed by atoms with E-state index < -0.39 is 458 Å². The maximum atomic E-state index is 13.9. The van der Waals surface area contributed by atoms with Gasteiger partial charge >= 0.3 is 0 Å². The molecular formula is C80H134N4O59. The highest BCUT2D eigenvalue weighted by atomic mass is 16.8.